The van der Waals surface area contributed by atoms with Gasteiger partial charge in [0.1, 0.15) is 5.69 Å². The molecule has 0 fully saturated rings. The summed E-state index contributed by atoms with van der Waals surface area (Å²) in [5.74, 6) is 0. The lowest BCUT2D eigenvalue weighted by molar-refractivity contribution is 1.07. The number of rotatable bonds is 8. The minimum atomic E-state index is 0.901. The van der Waals surface area contributed by atoms with Crippen molar-refractivity contribution in [1.82, 2.24) is 19.9 Å². The molecule has 2 aliphatic heterocycles. The Morgan fingerprint density at radius 3 is 1.30 bits per heavy atom. The first kappa shape index (κ1) is 31.3. The molecule has 0 amide bonds. The van der Waals surface area contributed by atoms with Crippen LogP contribution < -0.4 is 0 Å². The molecule has 2 N–H and O–H groups in total. The normalized spacial score (nSPS) is 12.9. The third-order valence-electron chi connectivity index (χ3n) is 9.31. The average molecular weight is 585 g/mol. The number of H-pyrrole nitrogens is 2. The smallest absolute Gasteiger partial charge is 0.117 e. The van der Waals surface area contributed by atoms with Crippen LogP contribution in [0.4, 0.5) is 0 Å². The van der Waals surface area contributed by atoms with Crippen LogP contribution in [0, 0.1) is 12.1 Å². The molecule has 0 aromatic carbocycles. The van der Waals surface area contributed by atoms with Crippen molar-refractivity contribution in [2.24, 2.45) is 0 Å². The highest BCUT2D eigenvalue weighted by atomic mass is 14.8. The van der Waals surface area contributed by atoms with Gasteiger partial charge in [-0.25, -0.2) is 9.97 Å². The van der Waals surface area contributed by atoms with Gasteiger partial charge in [-0.3, -0.25) is 0 Å². The second-order valence-corrected chi connectivity index (χ2v) is 11.5. The van der Waals surface area contributed by atoms with Crippen LogP contribution in [-0.2, 0) is 25.7 Å². The van der Waals surface area contributed by atoms with Crippen LogP contribution in [0.3, 0.4) is 0 Å². The quantitative estimate of drug-likeness (QED) is 0.277. The number of fused-ring (bicyclic) bond motifs is 8. The van der Waals surface area contributed by atoms with E-state index >= 15 is 0 Å². The van der Waals surface area contributed by atoms with Crippen LogP contribution in [0.25, 0.3) is 44.4 Å². The van der Waals surface area contributed by atoms with Gasteiger partial charge in [0.25, 0.3) is 0 Å². The van der Waals surface area contributed by atoms with Crippen LogP contribution in [0.5, 0.6) is 0 Å². The third-order valence-corrected chi connectivity index (χ3v) is 9.31. The maximum atomic E-state index is 5.18. The SMILES string of the molecule is CCC1=C(CC)c2ccc3[nH]c(ccc4nc(ccc5[nH]c(c#cc1n2)c(CC)c5CC)C(CC)=C4CC)c(CC)c3CC. The van der Waals surface area contributed by atoms with E-state index in [1.165, 1.54) is 50.1 Å². The van der Waals surface area contributed by atoms with Crippen molar-refractivity contribution < 1.29 is 0 Å². The molecule has 3 aromatic rings. The molecule has 0 saturated heterocycles. The van der Waals surface area contributed by atoms with Gasteiger partial charge >= 0.3 is 0 Å². The number of nitrogens with one attached hydrogen (secondary N) is 2. The summed E-state index contributed by atoms with van der Waals surface area (Å²) in [7, 11) is 0. The van der Waals surface area contributed by atoms with E-state index in [1.807, 2.05) is 0 Å². The molecule has 0 radical (unpaired) electrons. The van der Waals surface area contributed by atoms with E-state index in [9.17, 15) is 0 Å². The lowest BCUT2D eigenvalue weighted by Gasteiger charge is -2.02. The zero-order valence-corrected chi connectivity index (χ0v) is 28.0. The first-order chi connectivity index (χ1) is 21.5. The maximum absolute atomic E-state index is 5.18. The molecule has 228 valence electrons. The summed E-state index contributed by atoms with van der Waals surface area (Å²) < 4.78 is 0. The van der Waals surface area contributed by atoms with Gasteiger partial charge in [0.05, 0.1) is 22.6 Å². The third kappa shape index (κ3) is 5.61. The van der Waals surface area contributed by atoms with Gasteiger partial charge in [-0.2, -0.15) is 0 Å². The van der Waals surface area contributed by atoms with Crippen molar-refractivity contribution >= 4 is 44.4 Å². The fourth-order valence-corrected chi connectivity index (χ4v) is 7.17. The molecule has 0 atom stereocenters. The molecule has 44 heavy (non-hydrogen) atoms. The Balaban J connectivity index is 1.92. The summed E-state index contributed by atoms with van der Waals surface area (Å²) in [5.41, 5.74) is 19.2. The Morgan fingerprint density at radius 2 is 0.841 bits per heavy atom. The highest BCUT2D eigenvalue weighted by molar-refractivity contribution is 5.93. The van der Waals surface area contributed by atoms with Gasteiger partial charge in [-0.1, -0.05) is 55.4 Å². The number of hydrogen-bond acceptors (Lipinski definition) is 2. The van der Waals surface area contributed by atoms with E-state index in [2.05, 4.69) is 114 Å². The number of nitrogens with zero attached hydrogens (tertiary/aromatic N) is 2. The van der Waals surface area contributed by atoms with Crippen LogP contribution in [0.15, 0.2) is 36.4 Å². The molecule has 5 heterocycles. The topological polar surface area (TPSA) is 57.4 Å². The van der Waals surface area contributed by atoms with Gasteiger partial charge in [-0.05, 0) is 144 Å². The van der Waals surface area contributed by atoms with Crippen molar-refractivity contribution in [3.63, 3.8) is 0 Å². The molecule has 8 bridgehead atoms. The number of aromatic nitrogens is 4. The number of aromatic amines is 2. The summed E-state index contributed by atoms with van der Waals surface area (Å²) in [6.07, 6.45) is 7.59. The van der Waals surface area contributed by atoms with Crippen molar-refractivity contribution in [3.8, 4) is 0 Å². The highest BCUT2D eigenvalue weighted by Crippen LogP contribution is 2.35. The lowest BCUT2D eigenvalue weighted by atomic mass is 10.0. The Labute approximate surface area is 264 Å². The predicted molar refractivity (Wildman–Crippen MR) is 189 cm³/mol. The van der Waals surface area contributed by atoms with E-state index in [4.69, 9.17) is 9.97 Å². The molecule has 0 unspecified atom stereocenters. The minimum Gasteiger partial charge on any atom is -0.355 e. The van der Waals surface area contributed by atoms with E-state index in [1.54, 1.807) is 0 Å². The van der Waals surface area contributed by atoms with Crippen LogP contribution in [0.2, 0.25) is 0 Å². The van der Waals surface area contributed by atoms with Crippen LogP contribution >= 0.6 is 0 Å². The maximum Gasteiger partial charge on any atom is 0.117 e. The van der Waals surface area contributed by atoms with E-state index in [-0.39, 0.29) is 0 Å². The Kier molecular flexibility index (Phi) is 9.74. The first-order valence-corrected chi connectivity index (χ1v) is 16.9. The average Bonchev–Trinajstić information content (AvgIpc) is 3.77. The van der Waals surface area contributed by atoms with Gasteiger partial charge in [-0.15, -0.1) is 0 Å². The Bertz CT molecular complexity index is 1580. The molecule has 0 saturated carbocycles. The molecular formula is C40H48N4. The molecule has 2 aliphatic rings. The second kappa shape index (κ2) is 13.7. The fraction of sp³-hybridized carbons (Fsp3) is 0.400. The number of hydrogen-bond donors (Lipinski definition) is 2. The van der Waals surface area contributed by atoms with Crippen LogP contribution in [0.1, 0.15) is 126 Å². The van der Waals surface area contributed by atoms with Gasteiger partial charge in [0.2, 0.25) is 0 Å². The molecule has 4 nitrogen and oxygen atoms in total. The Morgan fingerprint density at radius 1 is 0.432 bits per heavy atom. The van der Waals surface area contributed by atoms with Gasteiger partial charge < -0.3 is 9.97 Å². The second-order valence-electron chi connectivity index (χ2n) is 11.5. The molecular weight excluding hydrogens is 536 g/mol. The summed E-state index contributed by atoms with van der Waals surface area (Å²) in [4.78, 5) is 17.7. The molecule has 5 rings (SSSR count). The van der Waals surface area contributed by atoms with Crippen molar-refractivity contribution in [2.45, 2.75) is 107 Å². The van der Waals surface area contributed by atoms with E-state index in [0.717, 1.165) is 90.7 Å². The number of allylic oxidation sites excluding steroid dienone is 4. The molecule has 0 aliphatic carbocycles. The highest BCUT2D eigenvalue weighted by Gasteiger charge is 2.18. The minimum absolute atomic E-state index is 0.901. The molecule has 4 heteroatoms. The number of aryl methyl sites for hydroxylation is 4. The van der Waals surface area contributed by atoms with E-state index in [0.29, 0.717) is 0 Å². The molecule has 0 spiro atoms. The standard InChI is InChI=1S/C40H48N4/c1-9-25-26(10-2)34-19-20-36-29(13-5)30(14-6)38(43-36)23-24-40-32(16-8)31(15-7)39(44-40)22-21-37-28(12-4)27(11-3)35(42-37)18-17-33(25)41-34/h17-22,41,44H,9-16H2,1-8H3. The summed E-state index contributed by atoms with van der Waals surface area (Å²) in [5, 5.41) is 0. The molecule has 3 aromatic heterocycles. The lowest BCUT2D eigenvalue weighted by Crippen LogP contribution is -1.85. The first-order valence-electron chi connectivity index (χ1n) is 16.9. The Hall–Kier alpha value is -4.10. The zero-order chi connectivity index (χ0) is 31.4. The monoisotopic (exact) mass is 584 g/mol. The van der Waals surface area contributed by atoms with Crippen molar-refractivity contribution in [1.29, 1.82) is 0 Å². The fourth-order valence-electron chi connectivity index (χ4n) is 7.17. The van der Waals surface area contributed by atoms with E-state index < -0.39 is 0 Å². The van der Waals surface area contributed by atoms with Crippen molar-refractivity contribution in [3.05, 3.63) is 93.6 Å². The summed E-state index contributed by atoms with van der Waals surface area (Å²) in [6, 6.07) is 20.3. The summed E-state index contributed by atoms with van der Waals surface area (Å²) >= 11 is 0. The van der Waals surface area contributed by atoms with Gasteiger partial charge in [0, 0.05) is 16.6 Å². The summed E-state index contributed by atoms with van der Waals surface area (Å²) in [6.45, 7) is 17.9. The predicted octanol–water partition coefficient (Wildman–Crippen LogP) is 10.8. The van der Waals surface area contributed by atoms with Crippen molar-refractivity contribution in [2.75, 3.05) is 0 Å². The zero-order valence-electron chi connectivity index (χ0n) is 28.0. The van der Waals surface area contributed by atoms with Gasteiger partial charge in [0.15, 0.2) is 0 Å². The largest absolute Gasteiger partial charge is 0.355 e. The van der Waals surface area contributed by atoms with Crippen LogP contribution in [-0.4, -0.2) is 19.9 Å².